The van der Waals surface area contributed by atoms with E-state index in [1.165, 1.54) is 4.88 Å². The molecule has 0 saturated heterocycles. The second kappa shape index (κ2) is 5.23. The molecule has 0 spiro atoms. The fraction of sp³-hybridized carbons (Fsp3) is 0.643. The Balaban J connectivity index is 2.34. The van der Waals surface area contributed by atoms with Gasteiger partial charge in [-0.1, -0.05) is 0 Å². The summed E-state index contributed by atoms with van der Waals surface area (Å²) in [6.07, 6.45) is 0.918. The predicted molar refractivity (Wildman–Crippen MR) is 75.7 cm³/mol. The summed E-state index contributed by atoms with van der Waals surface area (Å²) in [4.78, 5) is 14.9. The lowest BCUT2D eigenvalue weighted by atomic mass is 9.92. The molecular weight excluding hydrogens is 262 g/mol. The van der Waals surface area contributed by atoms with Gasteiger partial charge in [0.2, 0.25) is 0 Å². The van der Waals surface area contributed by atoms with Crippen LogP contribution >= 0.6 is 11.3 Å². The molecule has 0 aromatic carbocycles. The molecule has 2 atom stereocenters. The molecule has 0 saturated carbocycles. The Morgan fingerprint density at radius 3 is 2.89 bits per heavy atom. The molecular formula is C14H21NO3S. The van der Waals surface area contributed by atoms with Crippen molar-refractivity contribution in [3.05, 3.63) is 21.9 Å². The van der Waals surface area contributed by atoms with Gasteiger partial charge in [-0.2, -0.15) is 0 Å². The summed E-state index contributed by atoms with van der Waals surface area (Å²) in [5.41, 5.74) is 0.573. The molecule has 0 radical (unpaired) electrons. The molecule has 1 aliphatic heterocycles. The van der Waals surface area contributed by atoms with Gasteiger partial charge in [0, 0.05) is 24.6 Å². The van der Waals surface area contributed by atoms with E-state index in [4.69, 9.17) is 4.74 Å². The maximum atomic E-state index is 11.7. The first-order valence-electron chi connectivity index (χ1n) is 6.48. The number of rotatable bonds is 4. The van der Waals surface area contributed by atoms with Crippen molar-refractivity contribution in [2.45, 2.75) is 44.9 Å². The zero-order chi connectivity index (χ0) is 14.2. The van der Waals surface area contributed by atoms with Crippen LogP contribution in [0.3, 0.4) is 0 Å². The Kier molecular flexibility index (Phi) is 3.99. The number of carboxylic acids is 1. The quantitative estimate of drug-likeness (QED) is 0.922. The van der Waals surface area contributed by atoms with Crippen LogP contribution in [-0.4, -0.2) is 41.3 Å². The van der Waals surface area contributed by atoms with E-state index in [9.17, 15) is 9.90 Å². The summed E-state index contributed by atoms with van der Waals surface area (Å²) < 4.78 is 5.52. The number of nitrogens with zero attached hydrogens (tertiary/aromatic N) is 1. The second-order valence-electron chi connectivity index (χ2n) is 5.51. The van der Waals surface area contributed by atoms with E-state index in [0.717, 1.165) is 18.5 Å². The molecule has 5 heteroatoms. The Bertz CT molecular complexity index is 469. The molecule has 0 fully saturated rings. The number of hydrogen-bond donors (Lipinski definition) is 1. The maximum absolute atomic E-state index is 11.7. The van der Waals surface area contributed by atoms with Gasteiger partial charge >= 0.3 is 5.97 Å². The summed E-state index contributed by atoms with van der Waals surface area (Å²) in [5, 5.41) is 11.6. The summed E-state index contributed by atoms with van der Waals surface area (Å²) in [6, 6.07) is 1.42. The van der Waals surface area contributed by atoms with Gasteiger partial charge in [0.05, 0.1) is 5.60 Å². The number of methoxy groups -OCH3 is 1. The Morgan fingerprint density at radius 1 is 1.63 bits per heavy atom. The van der Waals surface area contributed by atoms with Crippen molar-refractivity contribution in [3.63, 3.8) is 0 Å². The first-order valence-corrected chi connectivity index (χ1v) is 7.36. The third-order valence-electron chi connectivity index (χ3n) is 4.27. The number of hydrogen-bond acceptors (Lipinski definition) is 4. The monoisotopic (exact) mass is 283 g/mol. The van der Waals surface area contributed by atoms with Crippen molar-refractivity contribution in [3.8, 4) is 0 Å². The fourth-order valence-corrected chi connectivity index (χ4v) is 3.50. The highest BCUT2D eigenvalue weighted by Crippen LogP contribution is 2.37. The maximum Gasteiger partial charge on any atom is 0.325 e. The second-order valence-corrected chi connectivity index (χ2v) is 6.51. The fourth-order valence-electron chi connectivity index (χ4n) is 2.60. The zero-order valence-electron chi connectivity index (χ0n) is 11.8. The lowest BCUT2D eigenvalue weighted by Gasteiger charge is -2.43. The molecule has 2 rings (SSSR count). The largest absolute Gasteiger partial charge is 0.480 e. The summed E-state index contributed by atoms with van der Waals surface area (Å²) >= 11 is 1.65. The van der Waals surface area contributed by atoms with Crippen molar-refractivity contribution in [2.75, 3.05) is 13.7 Å². The first kappa shape index (κ1) is 14.5. The van der Waals surface area contributed by atoms with Crippen LogP contribution in [-0.2, 0) is 16.0 Å². The number of thiophene rings is 1. The van der Waals surface area contributed by atoms with Crippen LogP contribution < -0.4 is 0 Å². The van der Waals surface area contributed by atoms with Crippen molar-refractivity contribution >= 4 is 17.3 Å². The molecule has 19 heavy (non-hydrogen) atoms. The van der Waals surface area contributed by atoms with E-state index in [2.05, 4.69) is 0 Å². The van der Waals surface area contributed by atoms with Crippen LogP contribution in [0.25, 0.3) is 0 Å². The number of ether oxygens (including phenoxy) is 1. The Labute approximate surface area is 118 Å². The van der Waals surface area contributed by atoms with Crippen LogP contribution in [0.4, 0.5) is 0 Å². The smallest absolute Gasteiger partial charge is 0.325 e. The van der Waals surface area contributed by atoms with Crippen LogP contribution in [0, 0.1) is 0 Å². The highest BCUT2D eigenvalue weighted by molar-refractivity contribution is 7.10. The number of carbonyl (C=O) groups is 1. The molecule has 0 aliphatic carbocycles. The molecule has 1 aliphatic rings. The Hall–Kier alpha value is -0.910. The summed E-state index contributed by atoms with van der Waals surface area (Å²) in [6.45, 7) is 6.80. The van der Waals surface area contributed by atoms with Gasteiger partial charge < -0.3 is 9.84 Å². The summed E-state index contributed by atoms with van der Waals surface area (Å²) in [5.74, 6) is -0.780. The predicted octanol–water partition coefficient (Wildman–Crippen LogP) is 2.55. The van der Waals surface area contributed by atoms with Gasteiger partial charge in [-0.25, -0.2) is 0 Å². The van der Waals surface area contributed by atoms with Crippen molar-refractivity contribution < 1.29 is 14.6 Å². The minimum Gasteiger partial charge on any atom is -0.480 e. The van der Waals surface area contributed by atoms with Crippen LogP contribution in [0.2, 0.25) is 0 Å². The van der Waals surface area contributed by atoms with Gasteiger partial charge in [0.25, 0.3) is 0 Å². The third kappa shape index (κ3) is 2.55. The van der Waals surface area contributed by atoms with Crippen LogP contribution in [0.5, 0.6) is 0 Å². The normalized spacial score (nSPS) is 22.0. The first-order chi connectivity index (χ1) is 8.88. The molecule has 0 bridgehead atoms. The van der Waals surface area contributed by atoms with Crippen molar-refractivity contribution in [1.29, 1.82) is 0 Å². The lowest BCUT2D eigenvalue weighted by Crippen LogP contribution is -2.53. The lowest BCUT2D eigenvalue weighted by molar-refractivity contribution is -0.148. The highest BCUT2D eigenvalue weighted by atomic mass is 32.1. The third-order valence-corrected chi connectivity index (χ3v) is 5.26. The molecule has 0 amide bonds. The van der Waals surface area contributed by atoms with E-state index < -0.39 is 12.0 Å². The van der Waals surface area contributed by atoms with E-state index in [0.29, 0.717) is 0 Å². The molecule has 1 aromatic rings. The number of aliphatic carboxylic acids is 1. The minimum absolute atomic E-state index is 0.0339. The highest BCUT2D eigenvalue weighted by Gasteiger charge is 2.41. The van der Waals surface area contributed by atoms with Gasteiger partial charge in [-0.05, 0) is 44.2 Å². The average Bonchev–Trinajstić information content (AvgIpc) is 2.84. The Morgan fingerprint density at radius 2 is 2.32 bits per heavy atom. The number of carboxylic acid groups (broad SMARTS) is 1. The van der Waals surface area contributed by atoms with E-state index >= 15 is 0 Å². The molecule has 1 aromatic heterocycles. The van der Waals surface area contributed by atoms with Crippen molar-refractivity contribution in [1.82, 2.24) is 4.90 Å². The summed E-state index contributed by atoms with van der Waals surface area (Å²) in [7, 11) is 1.67. The van der Waals surface area contributed by atoms with Crippen molar-refractivity contribution in [2.24, 2.45) is 0 Å². The SMILES string of the molecule is COC(C)(C)C(C)N1CCc2sccc2C1C(=O)O. The zero-order valence-corrected chi connectivity index (χ0v) is 12.7. The minimum atomic E-state index is -0.780. The molecule has 2 unspecified atom stereocenters. The van der Waals surface area contributed by atoms with E-state index in [1.54, 1.807) is 18.4 Å². The molecule has 106 valence electrons. The van der Waals surface area contributed by atoms with Gasteiger partial charge in [-0.15, -0.1) is 11.3 Å². The van der Waals surface area contributed by atoms with Crippen LogP contribution in [0.1, 0.15) is 37.3 Å². The molecule has 1 N–H and O–H groups in total. The number of fused-ring (bicyclic) bond motifs is 1. The standard InChI is InChI=1S/C14H21NO3S/c1-9(14(2,3)18-4)15-7-5-11-10(6-8-19-11)12(15)13(16)17/h6,8-9,12H,5,7H2,1-4H3,(H,16,17). The molecule has 2 heterocycles. The van der Waals surface area contributed by atoms with E-state index in [1.807, 2.05) is 37.1 Å². The van der Waals surface area contributed by atoms with Gasteiger partial charge in [0.15, 0.2) is 0 Å². The molecule has 4 nitrogen and oxygen atoms in total. The van der Waals surface area contributed by atoms with Gasteiger partial charge in [-0.3, -0.25) is 9.69 Å². The van der Waals surface area contributed by atoms with E-state index in [-0.39, 0.29) is 11.6 Å². The average molecular weight is 283 g/mol. The van der Waals surface area contributed by atoms with Gasteiger partial charge in [0.1, 0.15) is 6.04 Å². The topological polar surface area (TPSA) is 49.8 Å². The van der Waals surface area contributed by atoms with Crippen LogP contribution in [0.15, 0.2) is 11.4 Å².